The molecule has 0 unspecified atom stereocenters. The lowest BCUT2D eigenvalue weighted by Gasteiger charge is -2.22. The van der Waals surface area contributed by atoms with Crippen LogP contribution in [0.1, 0.15) is 50.7 Å². The number of unbranched alkanes of at least 4 members (excludes halogenated alkanes) is 1. The maximum Gasteiger partial charge on any atom is 0.223 e. The Labute approximate surface area is 159 Å². The molecular formula is C20H34ClN3O. The number of piperidine rings is 1. The molecule has 2 N–H and O–H groups in total. The third-order valence-corrected chi connectivity index (χ3v) is 4.85. The Bertz CT molecular complexity index is 503. The molecule has 5 heteroatoms. The topological polar surface area (TPSA) is 44.4 Å². The molecule has 1 aromatic carbocycles. The lowest BCUT2D eigenvalue weighted by atomic mass is 9.97. The predicted octanol–water partition coefficient (Wildman–Crippen LogP) is 3.35. The molecule has 2 rings (SSSR count). The molecule has 0 atom stereocenters. The van der Waals surface area contributed by atoms with Crippen LogP contribution in [0.15, 0.2) is 24.3 Å². The summed E-state index contributed by atoms with van der Waals surface area (Å²) in [5, 5.41) is 6.42. The molecule has 1 aliphatic rings. The average Bonchev–Trinajstić information content (AvgIpc) is 2.64. The Morgan fingerprint density at radius 1 is 1.24 bits per heavy atom. The van der Waals surface area contributed by atoms with Gasteiger partial charge in [0.25, 0.3) is 0 Å². The second-order valence-corrected chi connectivity index (χ2v) is 6.78. The minimum Gasteiger partial charge on any atom is -0.352 e. The van der Waals surface area contributed by atoms with Gasteiger partial charge in [-0.05, 0) is 56.6 Å². The van der Waals surface area contributed by atoms with Crippen LogP contribution in [-0.4, -0.2) is 37.0 Å². The quantitative estimate of drug-likeness (QED) is 0.703. The van der Waals surface area contributed by atoms with Gasteiger partial charge in [-0.15, -0.1) is 12.4 Å². The molecule has 1 heterocycles. The van der Waals surface area contributed by atoms with Crippen molar-refractivity contribution < 1.29 is 4.79 Å². The van der Waals surface area contributed by atoms with E-state index in [1.807, 2.05) is 0 Å². The Balaban J connectivity index is 0.00000312. The van der Waals surface area contributed by atoms with E-state index in [1.54, 1.807) is 0 Å². The van der Waals surface area contributed by atoms with Gasteiger partial charge in [-0.25, -0.2) is 0 Å². The summed E-state index contributed by atoms with van der Waals surface area (Å²) in [5.41, 5.74) is 2.53. The summed E-state index contributed by atoms with van der Waals surface area (Å²) in [5.74, 6) is 0.388. The van der Waals surface area contributed by atoms with E-state index in [9.17, 15) is 4.79 Å². The molecule has 0 aliphatic carbocycles. The van der Waals surface area contributed by atoms with Gasteiger partial charge >= 0.3 is 0 Å². The van der Waals surface area contributed by atoms with Crippen molar-refractivity contribution in [2.75, 3.05) is 26.2 Å². The molecule has 1 saturated heterocycles. The number of rotatable bonds is 9. The average molecular weight is 368 g/mol. The zero-order valence-electron chi connectivity index (χ0n) is 15.7. The summed E-state index contributed by atoms with van der Waals surface area (Å²) >= 11 is 0. The number of amides is 1. The van der Waals surface area contributed by atoms with Crippen molar-refractivity contribution in [1.82, 2.24) is 15.5 Å². The number of benzene rings is 1. The maximum absolute atomic E-state index is 12.3. The van der Waals surface area contributed by atoms with Gasteiger partial charge < -0.3 is 10.6 Å². The minimum absolute atomic E-state index is 0. The smallest absolute Gasteiger partial charge is 0.223 e. The second-order valence-electron chi connectivity index (χ2n) is 6.78. The molecule has 0 spiro atoms. The van der Waals surface area contributed by atoms with Crippen molar-refractivity contribution in [2.45, 2.75) is 52.6 Å². The van der Waals surface area contributed by atoms with Crippen LogP contribution >= 0.6 is 12.4 Å². The summed E-state index contributed by atoms with van der Waals surface area (Å²) in [7, 11) is 0. The van der Waals surface area contributed by atoms with E-state index in [-0.39, 0.29) is 24.2 Å². The summed E-state index contributed by atoms with van der Waals surface area (Å²) in [6, 6.07) is 8.63. The van der Waals surface area contributed by atoms with E-state index in [0.717, 1.165) is 45.6 Å². The minimum atomic E-state index is 0. The lowest BCUT2D eigenvalue weighted by Crippen LogP contribution is -2.37. The van der Waals surface area contributed by atoms with Crippen molar-refractivity contribution in [3.63, 3.8) is 0 Å². The highest BCUT2D eigenvalue weighted by atomic mass is 35.5. The van der Waals surface area contributed by atoms with Gasteiger partial charge in [0.1, 0.15) is 0 Å². The third kappa shape index (κ3) is 7.76. The Hall–Kier alpha value is -1.10. The lowest BCUT2D eigenvalue weighted by molar-refractivity contribution is -0.125. The molecule has 1 aliphatic heterocycles. The molecule has 1 fully saturated rings. The van der Waals surface area contributed by atoms with Crippen LogP contribution in [0.4, 0.5) is 0 Å². The van der Waals surface area contributed by atoms with Gasteiger partial charge in [0, 0.05) is 19.0 Å². The van der Waals surface area contributed by atoms with E-state index in [2.05, 4.69) is 53.6 Å². The van der Waals surface area contributed by atoms with Gasteiger partial charge in [-0.1, -0.05) is 44.5 Å². The van der Waals surface area contributed by atoms with Crippen molar-refractivity contribution >= 4 is 18.3 Å². The number of halogens is 1. The number of carbonyl (C=O) groups excluding carboxylic acids is 1. The summed E-state index contributed by atoms with van der Waals surface area (Å²) in [4.78, 5) is 14.7. The number of nitrogens with one attached hydrogen (secondary N) is 2. The fraction of sp³-hybridized carbons (Fsp3) is 0.650. The van der Waals surface area contributed by atoms with E-state index in [1.165, 1.54) is 24.0 Å². The molecule has 1 amide bonds. The Morgan fingerprint density at radius 2 is 1.96 bits per heavy atom. The predicted molar refractivity (Wildman–Crippen MR) is 107 cm³/mol. The monoisotopic (exact) mass is 367 g/mol. The fourth-order valence-corrected chi connectivity index (χ4v) is 3.24. The molecule has 25 heavy (non-hydrogen) atoms. The first-order chi connectivity index (χ1) is 11.7. The SMILES string of the molecule is CCCCN(CC)Cc1cccc(CNC(=O)C2CCNCC2)c1.Cl. The maximum atomic E-state index is 12.3. The molecule has 4 nitrogen and oxygen atoms in total. The molecule has 0 aromatic heterocycles. The third-order valence-electron chi connectivity index (χ3n) is 4.85. The highest BCUT2D eigenvalue weighted by molar-refractivity contribution is 5.85. The normalized spacial score (nSPS) is 15.0. The number of carbonyl (C=O) groups is 1. The van der Waals surface area contributed by atoms with Crippen LogP contribution in [0, 0.1) is 5.92 Å². The van der Waals surface area contributed by atoms with E-state index < -0.39 is 0 Å². The van der Waals surface area contributed by atoms with Gasteiger partial charge in [0.05, 0.1) is 0 Å². The van der Waals surface area contributed by atoms with E-state index in [4.69, 9.17) is 0 Å². The summed E-state index contributed by atoms with van der Waals surface area (Å²) < 4.78 is 0. The number of hydrogen-bond donors (Lipinski definition) is 2. The molecule has 142 valence electrons. The van der Waals surface area contributed by atoms with Gasteiger partial charge in [0.15, 0.2) is 0 Å². The Kier molecular flexibility index (Phi) is 10.8. The largest absolute Gasteiger partial charge is 0.352 e. The van der Waals surface area contributed by atoms with E-state index >= 15 is 0 Å². The van der Waals surface area contributed by atoms with Crippen LogP contribution < -0.4 is 10.6 Å². The first kappa shape index (κ1) is 21.9. The van der Waals surface area contributed by atoms with Crippen LogP contribution in [0.2, 0.25) is 0 Å². The van der Waals surface area contributed by atoms with E-state index in [0.29, 0.717) is 6.54 Å². The summed E-state index contributed by atoms with van der Waals surface area (Å²) in [6.07, 6.45) is 4.39. The molecule has 1 aromatic rings. The molecule has 0 bridgehead atoms. The van der Waals surface area contributed by atoms with Crippen LogP contribution in [0.3, 0.4) is 0 Å². The second kappa shape index (κ2) is 12.3. The van der Waals surface area contributed by atoms with Gasteiger partial charge in [0.2, 0.25) is 5.91 Å². The summed E-state index contributed by atoms with van der Waals surface area (Å²) in [6.45, 7) is 10.2. The number of hydrogen-bond acceptors (Lipinski definition) is 3. The Morgan fingerprint density at radius 3 is 2.64 bits per heavy atom. The molecular weight excluding hydrogens is 334 g/mol. The standard InChI is InChI=1S/C20H33N3O.ClH/c1-3-5-13-23(4-2)16-18-8-6-7-17(14-18)15-22-20(24)19-9-11-21-12-10-19;/h6-8,14,19,21H,3-5,9-13,15-16H2,1-2H3,(H,22,24);1H. The number of nitrogens with zero attached hydrogens (tertiary/aromatic N) is 1. The highest BCUT2D eigenvalue weighted by Crippen LogP contribution is 2.13. The zero-order chi connectivity index (χ0) is 17.2. The first-order valence-electron chi connectivity index (χ1n) is 9.51. The zero-order valence-corrected chi connectivity index (χ0v) is 16.5. The highest BCUT2D eigenvalue weighted by Gasteiger charge is 2.20. The van der Waals surface area contributed by atoms with Crippen molar-refractivity contribution in [1.29, 1.82) is 0 Å². The van der Waals surface area contributed by atoms with Crippen LogP contribution in [0.5, 0.6) is 0 Å². The first-order valence-corrected chi connectivity index (χ1v) is 9.51. The van der Waals surface area contributed by atoms with Crippen LogP contribution in [0.25, 0.3) is 0 Å². The fourth-order valence-electron chi connectivity index (χ4n) is 3.24. The molecule has 0 radical (unpaired) electrons. The van der Waals surface area contributed by atoms with Gasteiger partial charge in [-0.3, -0.25) is 9.69 Å². The van der Waals surface area contributed by atoms with Crippen molar-refractivity contribution in [2.24, 2.45) is 5.92 Å². The van der Waals surface area contributed by atoms with Crippen molar-refractivity contribution in [3.8, 4) is 0 Å². The van der Waals surface area contributed by atoms with Gasteiger partial charge in [-0.2, -0.15) is 0 Å². The van der Waals surface area contributed by atoms with Crippen LogP contribution in [-0.2, 0) is 17.9 Å². The van der Waals surface area contributed by atoms with Crippen molar-refractivity contribution in [3.05, 3.63) is 35.4 Å². The molecule has 0 saturated carbocycles.